The van der Waals surface area contributed by atoms with E-state index in [0.717, 1.165) is 15.9 Å². The van der Waals surface area contributed by atoms with Gasteiger partial charge in [-0.05, 0) is 62.4 Å². The molecule has 30 heavy (non-hydrogen) atoms. The topological polar surface area (TPSA) is 81.9 Å². The Balaban J connectivity index is 1.45. The number of hydrogen-bond donors (Lipinski definition) is 1. The van der Waals surface area contributed by atoms with Crippen LogP contribution in [-0.2, 0) is 0 Å². The maximum atomic E-state index is 12.3. The van der Waals surface area contributed by atoms with Gasteiger partial charge in [-0.25, -0.2) is 15.0 Å². The summed E-state index contributed by atoms with van der Waals surface area (Å²) >= 11 is 3.36. The summed E-state index contributed by atoms with van der Waals surface area (Å²) in [6.07, 6.45) is 3.17. The molecule has 0 saturated carbocycles. The van der Waals surface area contributed by atoms with Crippen molar-refractivity contribution in [3.8, 4) is 17.4 Å². The van der Waals surface area contributed by atoms with Gasteiger partial charge in [0.1, 0.15) is 24.2 Å². The number of rotatable bonds is 5. The van der Waals surface area contributed by atoms with Crippen molar-refractivity contribution >= 4 is 27.5 Å². The van der Waals surface area contributed by atoms with Crippen molar-refractivity contribution in [2.75, 3.05) is 5.32 Å². The number of aromatic nitrogens is 4. The van der Waals surface area contributed by atoms with E-state index in [2.05, 4.69) is 36.2 Å². The predicted molar refractivity (Wildman–Crippen MR) is 117 cm³/mol. The summed E-state index contributed by atoms with van der Waals surface area (Å²) in [6.45, 7) is 3.92. The minimum atomic E-state index is -0.178. The molecule has 2 heterocycles. The SMILES string of the molecule is Cc1ncn(-c2cc(Oc3ccc(NC(=O)c4ccc(Br)cc4)cc3)ncn2)c1C. The van der Waals surface area contributed by atoms with Crippen LogP contribution < -0.4 is 10.1 Å². The molecule has 4 aromatic rings. The molecule has 0 atom stereocenters. The van der Waals surface area contributed by atoms with Crippen LogP contribution in [0.3, 0.4) is 0 Å². The molecule has 8 heteroatoms. The van der Waals surface area contributed by atoms with Crippen LogP contribution in [-0.4, -0.2) is 25.4 Å². The minimum absolute atomic E-state index is 0.178. The van der Waals surface area contributed by atoms with Crippen molar-refractivity contribution in [3.63, 3.8) is 0 Å². The molecule has 0 spiro atoms. The van der Waals surface area contributed by atoms with E-state index >= 15 is 0 Å². The number of benzene rings is 2. The van der Waals surface area contributed by atoms with E-state index in [-0.39, 0.29) is 5.91 Å². The van der Waals surface area contributed by atoms with Gasteiger partial charge in [0.15, 0.2) is 0 Å². The third kappa shape index (κ3) is 4.38. The minimum Gasteiger partial charge on any atom is -0.439 e. The number of anilines is 1. The predicted octanol–water partition coefficient (Wildman–Crippen LogP) is 5.09. The highest BCUT2D eigenvalue weighted by atomic mass is 79.9. The fraction of sp³-hybridized carbons (Fsp3) is 0.0909. The number of nitrogens with zero attached hydrogens (tertiary/aromatic N) is 4. The Bertz CT molecular complexity index is 1190. The number of ether oxygens (including phenoxy) is 1. The molecule has 0 saturated heterocycles. The Labute approximate surface area is 181 Å². The fourth-order valence-corrected chi connectivity index (χ4v) is 3.04. The van der Waals surface area contributed by atoms with Gasteiger partial charge in [-0.15, -0.1) is 0 Å². The van der Waals surface area contributed by atoms with Gasteiger partial charge in [0.05, 0.1) is 5.69 Å². The molecule has 0 bridgehead atoms. The Morgan fingerprint density at radius 1 is 1.00 bits per heavy atom. The molecule has 0 radical (unpaired) electrons. The Kier molecular flexibility index (Phi) is 5.58. The van der Waals surface area contributed by atoms with Gasteiger partial charge in [0, 0.05) is 27.5 Å². The zero-order valence-corrected chi connectivity index (χ0v) is 17.9. The van der Waals surface area contributed by atoms with Crippen LogP contribution in [0.1, 0.15) is 21.7 Å². The van der Waals surface area contributed by atoms with Gasteiger partial charge in [-0.2, -0.15) is 0 Å². The molecular formula is C22H18BrN5O2. The van der Waals surface area contributed by atoms with Crippen molar-refractivity contribution < 1.29 is 9.53 Å². The van der Waals surface area contributed by atoms with Gasteiger partial charge in [-0.3, -0.25) is 9.36 Å². The van der Waals surface area contributed by atoms with Gasteiger partial charge in [0.2, 0.25) is 5.88 Å². The molecule has 0 aliphatic rings. The van der Waals surface area contributed by atoms with Crippen molar-refractivity contribution in [3.05, 3.63) is 88.7 Å². The number of imidazole rings is 1. The Hall–Kier alpha value is -3.52. The van der Waals surface area contributed by atoms with E-state index in [0.29, 0.717) is 28.7 Å². The summed E-state index contributed by atoms with van der Waals surface area (Å²) in [4.78, 5) is 25.1. The number of halogens is 1. The lowest BCUT2D eigenvalue weighted by atomic mass is 10.2. The standard InChI is InChI=1S/C22H18BrN5O2/c1-14-15(2)28(13-26-14)20-11-21(25-12-24-20)30-19-9-7-18(8-10-19)27-22(29)16-3-5-17(23)6-4-16/h3-13H,1-2H3,(H,27,29). The number of nitrogens with one attached hydrogen (secondary N) is 1. The summed E-state index contributed by atoms with van der Waals surface area (Å²) < 4.78 is 8.64. The number of carbonyl (C=O) groups is 1. The fourth-order valence-electron chi connectivity index (χ4n) is 2.78. The zero-order valence-electron chi connectivity index (χ0n) is 16.3. The first-order valence-electron chi connectivity index (χ1n) is 9.17. The van der Waals surface area contributed by atoms with E-state index < -0.39 is 0 Å². The first kappa shape index (κ1) is 19.8. The summed E-state index contributed by atoms with van der Waals surface area (Å²) in [7, 11) is 0. The molecule has 0 fully saturated rings. The highest BCUT2D eigenvalue weighted by Gasteiger charge is 2.09. The number of aryl methyl sites for hydroxylation is 1. The summed E-state index contributed by atoms with van der Waals surface area (Å²) in [5.74, 6) is 1.51. The number of hydrogen-bond acceptors (Lipinski definition) is 5. The third-order valence-corrected chi connectivity index (χ3v) is 5.10. The van der Waals surface area contributed by atoms with E-state index in [1.807, 2.05) is 30.5 Å². The molecule has 2 aromatic carbocycles. The lowest BCUT2D eigenvalue weighted by molar-refractivity contribution is 0.102. The van der Waals surface area contributed by atoms with Gasteiger partial charge in [-0.1, -0.05) is 15.9 Å². The molecule has 1 N–H and O–H groups in total. The number of amides is 1. The molecule has 0 aliphatic heterocycles. The molecule has 0 aliphatic carbocycles. The van der Waals surface area contributed by atoms with Crippen LogP contribution >= 0.6 is 15.9 Å². The van der Waals surface area contributed by atoms with E-state index in [1.54, 1.807) is 48.8 Å². The van der Waals surface area contributed by atoms with Crippen molar-refractivity contribution in [1.29, 1.82) is 0 Å². The van der Waals surface area contributed by atoms with Crippen LogP contribution in [0.5, 0.6) is 11.6 Å². The molecule has 1 amide bonds. The first-order valence-corrected chi connectivity index (χ1v) is 9.97. The van der Waals surface area contributed by atoms with E-state index in [4.69, 9.17) is 4.74 Å². The average molecular weight is 464 g/mol. The zero-order chi connectivity index (χ0) is 21.1. The second kappa shape index (κ2) is 8.46. The van der Waals surface area contributed by atoms with Crippen LogP contribution in [0.15, 0.2) is 71.7 Å². The molecule has 150 valence electrons. The van der Waals surface area contributed by atoms with Crippen molar-refractivity contribution in [2.45, 2.75) is 13.8 Å². The maximum Gasteiger partial charge on any atom is 0.255 e. The normalized spacial score (nSPS) is 10.6. The highest BCUT2D eigenvalue weighted by Crippen LogP contribution is 2.23. The van der Waals surface area contributed by atoms with Crippen molar-refractivity contribution in [2.24, 2.45) is 0 Å². The first-order chi connectivity index (χ1) is 14.5. The Morgan fingerprint density at radius 2 is 1.73 bits per heavy atom. The molecule has 2 aromatic heterocycles. The van der Waals surface area contributed by atoms with Crippen molar-refractivity contribution in [1.82, 2.24) is 19.5 Å². The van der Waals surface area contributed by atoms with Crippen LogP contribution in [0.25, 0.3) is 5.82 Å². The third-order valence-electron chi connectivity index (χ3n) is 4.57. The second-order valence-electron chi connectivity index (χ2n) is 6.59. The molecular weight excluding hydrogens is 446 g/mol. The Morgan fingerprint density at radius 3 is 2.40 bits per heavy atom. The average Bonchev–Trinajstić information content (AvgIpc) is 3.08. The summed E-state index contributed by atoms with van der Waals surface area (Å²) in [5, 5.41) is 2.86. The van der Waals surface area contributed by atoms with E-state index in [9.17, 15) is 4.79 Å². The molecule has 4 rings (SSSR count). The largest absolute Gasteiger partial charge is 0.439 e. The lowest BCUT2D eigenvalue weighted by Gasteiger charge is -2.09. The van der Waals surface area contributed by atoms with Gasteiger partial charge >= 0.3 is 0 Å². The van der Waals surface area contributed by atoms with Crippen LogP contribution in [0.2, 0.25) is 0 Å². The quantitative estimate of drug-likeness (QED) is 0.445. The lowest BCUT2D eigenvalue weighted by Crippen LogP contribution is -2.11. The van der Waals surface area contributed by atoms with Gasteiger partial charge < -0.3 is 10.1 Å². The maximum absolute atomic E-state index is 12.3. The molecule has 7 nitrogen and oxygen atoms in total. The number of carbonyl (C=O) groups excluding carboxylic acids is 1. The van der Waals surface area contributed by atoms with E-state index in [1.165, 1.54) is 6.33 Å². The monoisotopic (exact) mass is 463 g/mol. The van der Waals surface area contributed by atoms with Crippen LogP contribution in [0, 0.1) is 13.8 Å². The summed E-state index contributed by atoms with van der Waals surface area (Å²) in [5.41, 5.74) is 3.20. The second-order valence-corrected chi connectivity index (χ2v) is 7.50. The van der Waals surface area contributed by atoms with Crippen LogP contribution in [0.4, 0.5) is 5.69 Å². The smallest absolute Gasteiger partial charge is 0.255 e. The summed E-state index contributed by atoms with van der Waals surface area (Å²) in [6, 6.07) is 16.0. The molecule has 0 unspecified atom stereocenters. The van der Waals surface area contributed by atoms with Gasteiger partial charge in [0.25, 0.3) is 5.91 Å². The highest BCUT2D eigenvalue weighted by molar-refractivity contribution is 9.10.